The Hall–Kier alpha value is -1.94. The third-order valence-electron chi connectivity index (χ3n) is 2.76. The van der Waals surface area contributed by atoms with Crippen molar-refractivity contribution in [3.8, 4) is 0 Å². The molecule has 1 fully saturated rings. The molecule has 1 aromatic rings. The number of amides is 1. The number of rotatable bonds is 3. The summed E-state index contributed by atoms with van der Waals surface area (Å²) in [5.41, 5.74) is 1.57. The van der Waals surface area contributed by atoms with Crippen molar-refractivity contribution in [3.05, 3.63) is 54.2 Å². The lowest BCUT2D eigenvalue weighted by molar-refractivity contribution is -0.122. The first kappa shape index (κ1) is 12.5. The maximum atomic E-state index is 12.2. The molecular weight excluding hydrogens is 244 g/mol. The summed E-state index contributed by atoms with van der Waals surface area (Å²) in [5.74, 6) is -0.0775. The molecule has 0 aromatic heterocycles. The number of carbonyl (C=O) groups is 1. The lowest BCUT2D eigenvalue weighted by Gasteiger charge is -2.13. The quantitative estimate of drug-likeness (QED) is 0.472. The Kier molecular flexibility index (Phi) is 3.58. The minimum Gasteiger partial charge on any atom is -0.317 e. The van der Waals surface area contributed by atoms with E-state index in [1.165, 1.54) is 4.90 Å². The summed E-state index contributed by atoms with van der Waals surface area (Å²) in [6, 6.07) is 9.72. The molecular formula is C14H14N2OS. The van der Waals surface area contributed by atoms with Crippen molar-refractivity contribution in [1.29, 1.82) is 0 Å². The SMILES string of the molecule is C=CCN1C(=O)C(=Cc2ccccc2)N(C)C1=S. The normalized spacial score (nSPS) is 17.7. The Morgan fingerprint density at radius 3 is 2.61 bits per heavy atom. The lowest BCUT2D eigenvalue weighted by Crippen LogP contribution is -2.31. The number of hydrogen-bond donors (Lipinski definition) is 0. The van der Waals surface area contributed by atoms with Crippen LogP contribution >= 0.6 is 12.2 Å². The average Bonchev–Trinajstić information content (AvgIpc) is 2.58. The first-order valence-corrected chi connectivity index (χ1v) is 6.03. The van der Waals surface area contributed by atoms with Crippen LogP contribution in [0.15, 0.2) is 48.7 Å². The second-order valence-electron chi connectivity index (χ2n) is 3.99. The number of likely N-dealkylation sites (N-methyl/N-ethyl adjacent to an activating group) is 1. The predicted octanol–water partition coefficient (Wildman–Crippen LogP) is 2.27. The van der Waals surface area contributed by atoms with Gasteiger partial charge in [0.2, 0.25) is 0 Å². The lowest BCUT2D eigenvalue weighted by atomic mass is 10.2. The second-order valence-corrected chi connectivity index (χ2v) is 4.35. The zero-order valence-corrected chi connectivity index (χ0v) is 11.0. The van der Waals surface area contributed by atoms with E-state index in [9.17, 15) is 4.79 Å². The Morgan fingerprint density at radius 2 is 2.00 bits per heavy atom. The molecule has 92 valence electrons. The van der Waals surface area contributed by atoms with Crippen LogP contribution in [-0.2, 0) is 4.79 Å². The molecule has 1 amide bonds. The van der Waals surface area contributed by atoms with Crippen LogP contribution in [0.3, 0.4) is 0 Å². The van der Waals surface area contributed by atoms with E-state index in [-0.39, 0.29) is 5.91 Å². The van der Waals surface area contributed by atoms with E-state index < -0.39 is 0 Å². The summed E-state index contributed by atoms with van der Waals surface area (Å²) in [6.45, 7) is 4.07. The molecule has 0 saturated carbocycles. The molecule has 1 saturated heterocycles. The van der Waals surface area contributed by atoms with Gasteiger partial charge in [-0.05, 0) is 23.9 Å². The van der Waals surface area contributed by atoms with Crippen LogP contribution in [0.4, 0.5) is 0 Å². The summed E-state index contributed by atoms with van der Waals surface area (Å²) < 4.78 is 0. The van der Waals surface area contributed by atoms with E-state index in [0.717, 1.165) is 5.56 Å². The number of benzene rings is 1. The minimum atomic E-state index is -0.0775. The van der Waals surface area contributed by atoms with Gasteiger partial charge in [-0.25, -0.2) is 0 Å². The van der Waals surface area contributed by atoms with E-state index in [1.54, 1.807) is 18.0 Å². The first-order valence-electron chi connectivity index (χ1n) is 5.62. The van der Waals surface area contributed by atoms with Crippen molar-refractivity contribution < 1.29 is 4.79 Å². The zero-order chi connectivity index (χ0) is 13.1. The molecule has 1 heterocycles. The summed E-state index contributed by atoms with van der Waals surface area (Å²) >= 11 is 5.24. The predicted molar refractivity (Wildman–Crippen MR) is 76.7 cm³/mol. The van der Waals surface area contributed by atoms with Gasteiger partial charge in [-0.1, -0.05) is 36.4 Å². The minimum absolute atomic E-state index is 0.0775. The fraction of sp³-hybridized carbons (Fsp3) is 0.143. The van der Waals surface area contributed by atoms with Crippen LogP contribution in [0.2, 0.25) is 0 Å². The van der Waals surface area contributed by atoms with Crippen LogP contribution in [0.25, 0.3) is 6.08 Å². The largest absolute Gasteiger partial charge is 0.317 e. The molecule has 0 spiro atoms. The fourth-order valence-corrected chi connectivity index (χ4v) is 2.06. The van der Waals surface area contributed by atoms with Crippen molar-refractivity contribution in [1.82, 2.24) is 9.80 Å². The highest BCUT2D eigenvalue weighted by atomic mass is 32.1. The van der Waals surface area contributed by atoms with Gasteiger partial charge in [-0.2, -0.15) is 0 Å². The third kappa shape index (κ3) is 2.19. The Bertz CT molecular complexity index is 522. The van der Waals surface area contributed by atoms with Gasteiger partial charge < -0.3 is 4.90 Å². The number of hydrogen-bond acceptors (Lipinski definition) is 2. The molecule has 0 aliphatic carbocycles. The fourth-order valence-electron chi connectivity index (χ4n) is 1.81. The molecule has 0 unspecified atom stereocenters. The van der Waals surface area contributed by atoms with E-state index in [1.807, 2.05) is 36.4 Å². The molecule has 1 aromatic carbocycles. The van der Waals surface area contributed by atoms with E-state index in [4.69, 9.17) is 12.2 Å². The highest BCUT2D eigenvalue weighted by Crippen LogP contribution is 2.21. The molecule has 2 rings (SSSR count). The summed E-state index contributed by atoms with van der Waals surface area (Å²) in [7, 11) is 1.80. The van der Waals surface area contributed by atoms with Gasteiger partial charge >= 0.3 is 0 Å². The van der Waals surface area contributed by atoms with E-state index in [2.05, 4.69) is 6.58 Å². The summed E-state index contributed by atoms with van der Waals surface area (Å²) in [5, 5.41) is 0.516. The molecule has 0 bridgehead atoms. The second kappa shape index (κ2) is 5.14. The molecule has 0 radical (unpaired) electrons. The standard InChI is InChI=1S/C14H14N2OS/c1-3-9-16-13(17)12(15(2)14(16)18)10-11-7-5-4-6-8-11/h3-8,10H,1,9H2,2H3. The third-order valence-corrected chi connectivity index (χ3v) is 3.25. The molecule has 0 N–H and O–H groups in total. The molecule has 1 aliphatic rings. The Labute approximate surface area is 112 Å². The van der Waals surface area contributed by atoms with Gasteiger partial charge in [0, 0.05) is 13.6 Å². The summed E-state index contributed by atoms with van der Waals surface area (Å²) in [4.78, 5) is 15.5. The van der Waals surface area contributed by atoms with Crippen LogP contribution in [0.1, 0.15) is 5.56 Å². The number of thiocarbonyl (C=S) groups is 1. The maximum Gasteiger partial charge on any atom is 0.277 e. The monoisotopic (exact) mass is 258 g/mol. The summed E-state index contributed by atoms with van der Waals surface area (Å²) in [6.07, 6.45) is 3.52. The molecule has 3 nitrogen and oxygen atoms in total. The van der Waals surface area contributed by atoms with E-state index in [0.29, 0.717) is 17.4 Å². The average molecular weight is 258 g/mol. The van der Waals surface area contributed by atoms with Crippen molar-refractivity contribution in [2.24, 2.45) is 0 Å². The van der Waals surface area contributed by atoms with Gasteiger partial charge in [0.1, 0.15) is 5.70 Å². The molecule has 4 heteroatoms. The van der Waals surface area contributed by atoms with Gasteiger partial charge in [-0.3, -0.25) is 9.69 Å². The highest BCUT2D eigenvalue weighted by Gasteiger charge is 2.34. The molecule has 0 atom stereocenters. The Balaban J connectivity index is 2.35. The number of nitrogens with zero attached hydrogens (tertiary/aromatic N) is 2. The zero-order valence-electron chi connectivity index (χ0n) is 10.2. The van der Waals surface area contributed by atoms with Crippen molar-refractivity contribution in [3.63, 3.8) is 0 Å². The maximum absolute atomic E-state index is 12.2. The number of carbonyl (C=O) groups excluding carboxylic acids is 1. The smallest absolute Gasteiger partial charge is 0.277 e. The highest BCUT2D eigenvalue weighted by molar-refractivity contribution is 7.80. The van der Waals surface area contributed by atoms with Crippen molar-refractivity contribution >= 4 is 29.3 Å². The van der Waals surface area contributed by atoms with Crippen LogP contribution < -0.4 is 0 Å². The van der Waals surface area contributed by atoms with Gasteiger partial charge in [0.25, 0.3) is 5.91 Å². The van der Waals surface area contributed by atoms with Crippen molar-refractivity contribution in [2.45, 2.75) is 0 Å². The van der Waals surface area contributed by atoms with Crippen LogP contribution in [0.5, 0.6) is 0 Å². The van der Waals surface area contributed by atoms with Gasteiger partial charge in [0.05, 0.1) is 0 Å². The van der Waals surface area contributed by atoms with E-state index >= 15 is 0 Å². The first-order chi connectivity index (χ1) is 8.65. The van der Waals surface area contributed by atoms with Gasteiger partial charge in [-0.15, -0.1) is 6.58 Å². The van der Waals surface area contributed by atoms with Crippen molar-refractivity contribution in [2.75, 3.05) is 13.6 Å². The molecule has 18 heavy (non-hydrogen) atoms. The van der Waals surface area contributed by atoms with Gasteiger partial charge in [0.15, 0.2) is 5.11 Å². The Morgan fingerprint density at radius 1 is 1.33 bits per heavy atom. The van der Waals surface area contributed by atoms with Crippen LogP contribution in [0, 0.1) is 0 Å². The topological polar surface area (TPSA) is 23.6 Å². The van der Waals surface area contributed by atoms with Crippen LogP contribution in [-0.4, -0.2) is 34.4 Å². The molecule has 1 aliphatic heterocycles.